The number of carbonyl (C=O) groups excluding carboxylic acids is 2. The van der Waals surface area contributed by atoms with E-state index in [9.17, 15) is 9.59 Å². The number of aryl methyl sites for hydroxylation is 1. The first-order valence-corrected chi connectivity index (χ1v) is 8.91. The monoisotopic (exact) mass is 395 g/mol. The standard InChI is InChI=1S/C21H18ClN3O3/c1-14-12-17(9-10-18(14)22)28-13-21(27)25-24-20(26)11-8-16-7-6-15-4-2-3-5-19(15)23-16/h2-12H,13H2,1H3,(H,24,26)(H,25,27)/b11-8+. The van der Waals surface area contributed by atoms with Crippen molar-refractivity contribution in [2.75, 3.05) is 6.61 Å². The summed E-state index contributed by atoms with van der Waals surface area (Å²) in [7, 11) is 0. The molecule has 2 amide bonds. The minimum Gasteiger partial charge on any atom is -0.484 e. The van der Waals surface area contributed by atoms with E-state index in [0.29, 0.717) is 16.5 Å². The first kappa shape index (κ1) is 19.4. The van der Waals surface area contributed by atoms with E-state index in [1.165, 1.54) is 6.08 Å². The summed E-state index contributed by atoms with van der Waals surface area (Å²) in [6.07, 6.45) is 2.86. The summed E-state index contributed by atoms with van der Waals surface area (Å²) >= 11 is 5.94. The Balaban J connectivity index is 1.46. The third-order valence-corrected chi connectivity index (χ3v) is 4.27. The molecule has 6 nitrogen and oxygen atoms in total. The molecule has 1 aromatic heterocycles. The topological polar surface area (TPSA) is 80.3 Å². The molecule has 0 bridgehead atoms. The number of hydrazine groups is 1. The number of hydrogen-bond donors (Lipinski definition) is 2. The molecule has 3 aromatic rings. The lowest BCUT2D eigenvalue weighted by molar-refractivity contribution is -0.128. The van der Waals surface area contributed by atoms with Crippen LogP contribution in [0.4, 0.5) is 0 Å². The van der Waals surface area contributed by atoms with Gasteiger partial charge in [0, 0.05) is 16.5 Å². The molecule has 7 heteroatoms. The molecule has 0 aliphatic rings. The minimum atomic E-state index is -0.488. The van der Waals surface area contributed by atoms with Gasteiger partial charge in [0.1, 0.15) is 5.75 Å². The van der Waals surface area contributed by atoms with Gasteiger partial charge in [0.05, 0.1) is 11.2 Å². The van der Waals surface area contributed by atoms with Crippen molar-refractivity contribution in [2.45, 2.75) is 6.92 Å². The maximum absolute atomic E-state index is 11.8. The van der Waals surface area contributed by atoms with Gasteiger partial charge in [-0.05, 0) is 48.9 Å². The zero-order chi connectivity index (χ0) is 19.9. The van der Waals surface area contributed by atoms with Gasteiger partial charge in [0.25, 0.3) is 11.8 Å². The van der Waals surface area contributed by atoms with Crippen LogP contribution in [0.15, 0.2) is 60.7 Å². The number of fused-ring (bicyclic) bond motifs is 1. The summed E-state index contributed by atoms with van der Waals surface area (Å²) in [4.78, 5) is 28.1. The molecule has 1 heterocycles. The van der Waals surface area contributed by atoms with Crippen LogP contribution in [0.2, 0.25) is 5.02 Å². The van der Waals surface area contributed by atoms with E-state index in [4.69, 9.17) is 16.3 Å². The molecule has 0 atom stereocenters. The van der Waals surface area contributed by atoms with Gasteiger partial charge in [0.15, 0.2) is 6.61 Å². The average molecular weight is 396 g/mol. The van der Waals surface area contributed by atoms with Gasteiger partial charge in [-0.1, -0.05) is 35.9 Å². The van der Waals surface area contributed by atoms with Crippen molar-refractivity contribution in [3.63, 3.8) is 0 Å². The van der Waals surface area contributed by atoms with Crippen molar-refractivity contribution >= 4 is 40.4 Å². The quantitative estimate of drug-likeness (QED) is 0.512. The highest BCUT2D eigenvalue weighted by atomic mass is 35.5. The molecular weight excluding hydrogens is 378 g/mol. The number of benzene rings is 2. The molecule has 0 unspecified atom stereocenters. The smallest absolute Gasteiger partial charge is 0.276 e. The second-order valence-electron chi connectivity index (χ2n) is 6.00. The number of halogens is 1. The zero-order valence-corrected chi connectivity index (χ0v) is 15.9. The van der Waals surface area contributed by atoms with Gasteiger partial charge < -0.3 is 4.74 Å². The van der Waals surface area contributed by atoms with E-state index in [-0.39, 0.29) is 6.61 Å². The normalized spacial score (nSPS) is 10.8. The average Bonchev–Trinajstić information content (AvgIpc) is 2.71. The fourth-order valence-corrected chi connectivity index (χ4v) is 2.52. The molecule has 28 heavy (non-hydrogen) atoms. The summed E-state index contributed by atoms with van der Waals surface area (Å²) in [5.74, 6) is -0.450. The summed E-state index contributed by atoms with van der Waals surface area (Å²) in [5.41, 5.74) is 6.90. The second kappa shape index (κ2) is 9.01. The number of amides is 2. The Bertz CT molecular complexity index is 1050. The molecule has 0 spiro atoms. The summed E-state index contributed by atoms with van der Waals surface area (Å²) in [6, 6.07) is 16.5. The Morgan fingerprint density at radius 3 is 2.75 bits per heavy atom. The molecule has 0 radical (unpaired) electrons. The molecule has 0 saturated carbocycles. The number of hydrogen-bond acceptors (Lipinski definition) is 4. The Morgan fingerprint density at radius 1 is 1.11 bits per heavy atom. The number of ether oxygens (including phenoxy) is 1. The third-order valence-electron chi connectivity index (χ3n) is 3.85. The first-order valence-electron chi connectivity index (χ1n) is 8.53. The zero-order valence-electron chi connectivity index (χ0n) is 15.1. The van der Waals surface area contributed by atoms with E-state index in [2.05, 4.69) is 15.8 Å². The van der Waals surface area contributed by atoms with Crippen molar-refractivity contribution in [1.82, 2.24) is 15.8 Å². The van der Waals surface area contributed by atoms with E-state index in [1.54, 1.807) is 24.3 Å². The SMILES string of the molecule is Cc1cc(OCC(=O)NNC(=O)/C=C/c2ccc3ccccc3n2)ccc1Cl. The highest BCUT2D eigenvalue weighted by Crippen LogP contribution is 2.20. The van der Waals surface area contributed by atoms with Crippen LogP contribution >= 0.6 is 11.6 Å². The predicted octanol–water partition coefficient (Wildman–Crippen LogP) is 3.44. The van der Waals surface area contributed by atoms with Crippen LogP contribution in [0, 0.1) is 6.92 Å². The molecule has 0 saturated heterocycles. The lowest BCUT2D eigenvalue weighted by atomic mass is 10.2. The summed E-state index contributed by atoms with van der Waals surface area (Å²) < 4.78 is 5.36. The number of pyridine rings is 1. The number of aromatic nitrogens is 1. The molecular formula is C21H18ClN3O3. The lowest BCUT2D eigenvalue weighted by Gasteiger charge is -2.08. The molecule has 142 valence electrons. The first-order chi connectivity index (χ1) is 13.5. The van der Waals surface area contributed by atoms with E-state index >= 15 is 0 Å². The predicted molar refractivity (Wildman–Crippen MR) is 109 cm³/mol. The Hall–Kier alpha value is -3.38. The molecule has 0 aliphatic heterocycles. The largest absolute Gasteiger partial charge is 0.484 e. The van der Waals surface area contributed by atoms with E-state index < -0.39 is 11.8 Å². The molecule has 2 aromatic carbocycles. The highest BCUT2D eigenvalue weighted by Gasteiger charge is 2.05. The highest BCUT2D eigenvalue weighted by molar-refractivity contribution is 6.31. The van der Waals surface area contributed by atoms with Crippen molar-refractivity contribution < 1.29 is 14.3 Å². The molecule has 2 N–H and O–H groups in total. The van der Waals surface area contributed by atoms with Crippen molar-refractivity contribution in [3.8, 4) is 5.75 Å². The van der Waals surface area contributed by atoms with Crippen LogP contribution in [0.25, 0.3) is 17.0 Å². The van der Waals surface area contributed by atoms with Gasteiger partial charge in [-0.3, -0.25) is 20.4 Å². The second-order valence-corrected chi connectivity index (χ2v) is 6.41. The fraction of sp³-hybridized carbons (Fsp3) is 0.0952. The van der Waals surface area contributed by atoms with Gasteiger partial charge in [-0.15, -0.1) is 0 Å². The van der Waals surface area contributed by atoms with Gasteiger partial charge in [0.2, 0.25) is 0 Å². The van der Waals surface area contributed by atoms with Crippen LogP contribution in [-0.4, -0.2) is 23.4 Å². The van der Waals surface area contributed by atoms with Crippen molar-refractivity contribution in [3.05, 3.63) is 77.0 Å². The molecule has 0 aliphatic carbocycles. The maximum atomic E-state index is 11.8. The number of nitrogens with zero attached hydrogens (tertiary/aromatic N) is 1. The summed E-state index contributed by atoms with van der Waals surface area (Å²) in [6.45, 7) is 1.60. The van der Waals surface area contributed by atoms with Crippen LogP contribution in [-0.2, 0) is 9.59 Å². The van der Waals surface area contributed by atoms with E-state index in [1.807, 2.05) is 43.3 Å². The van der Waals surface area contributed by atoms with Gasteiger partial charge in [-0.2, -0.15) is 0 Å². The molecule has 3 rings (SSSR count). The Labute approximate surface area is 167 Å². The number of nitrogens with one attached hydrogen (secondary N) is 2. The lowest BCUT2D eigenvalue weighted by Crippen LogP contribution is -2.43. The van der Waals surface area contributed by atoms with Crippen LogP contribution in [0.5, 0.6) is 5.75 Å². The number of rotatable bonds is 5. The van der Waals surface area contributed by atoms with Crippen LogP contribution in [0.3, 0.4) is 0 Å². The fourth-order valence-electron chi connectivity index (χ4n) is 2.40. The Kier molecular flexibility index (Phi) is 6.24. The van der Waals surface area contributed by atoms with E-state index in [0.717, 1.165) is 16.5 Å². The Morgan fingerprint density at radius 2 is 1.93 bits per heavy atom. The van der Waals surface area contributed by atoms with Crippen LogP contribution in [0.1, 0.15) is 11.3 Å². The van der Waals surface area contributed by atoms with Crippen molar-refractivity contribution in [1.29, 1.82) is 0 Å². The van der Waals surface area contributed by atoms with Gasteiger partial charge in [-0.25, -0.2) is 4.98 Å². The number of carbonyl (C=O) groups is 2. The number of para-hydroxylation sites is 1. The summed E-state index contributed by atoms with van der Waals surface area (Å²) in [5, 5.41) is 1.64. The van der Waals surface area contributed by atoms with Gasteiger partial charge >= 0.3 is 0 Å². The third kappa shape index (κ3) is 5.31. The van der Waals surface area contributed by atoms with Crippen molar-refractivity contribution in [2.24, 2.45) is 0 Å². The van der Waals surface area contributed by atoms with Crippen LogP contribution < -0.4 is 15.6 Å². The maximum Gasteiger partial charge on any atom is 0.276 e. The minimum absolute atomic E-state index is 0.239. The molecule has 0 fully saturated rings.